The number of carbonyl (C=O) groups is 2. The van der Waals surface area contributed by atoms with E-state index in [0.29, 0.717) is 13.1 Å². The van der Waals surface area contributed by atoms with Gasteiger partial charge in [0.15, 0.2) is 11.7 Å². The van der Waals surface area contributed by atoms with Gasteiger partial charge < -0.3 is 15.1 Å². The highest BCUT2D eigenvalue weighted by Crippen LogP contribution is 2.24. The van der Waals surface area contributed by atoms with E-state index in [2.05, 4.69) is 15.6 Å². The van der Waals surface area contributed by atoms with Crippen LogP contribution in [0.1, 0.15) is 19.2 Å². The summed E-state index contributed by atoms with van der Waals surface area (Å²) in [5.41, 5.74) is 0.106. The van der Waals surface area contributed by atoms with Crippen molar-refractivity contribution in [1.29, 1.82) is 0 Å². The molecule has 0 spiro atoms. The predicted octanol–water partition coefficient (Wildman–Crippen LogP) is 1.80. The Hall–Kier alpha value is -2.77. The van der Waals surface area contributed by atoms with Crippen molar-refractivity contribution in [2.75, 3.05) is 13.1 Å². The summed E-state index contributed by atoms with van der Waals surface area (Å²) in [5.74, 6) is -1.34. The quantitative estimate of drug-likeness (QED) is 0.755. The first-order valence-electron chi connectivity index (χ1n) is 7.37. The molecule has 2 rings (SSSR count). The topological polar surface area (TPSA) is 84.2 Å². The molecule has 1 heterocycles. The van der Waals surface area contributed by atoms with Crippen molar-refractivity contribution >= 4 is 11.8 Å². The number of oxazole rings is 1. The van der Waals surface area contributed by atoms with Crippen molar-refractivity contribution < 1.29 is 22.8 Å². The molecule has 1 aromatic carbocycles. The van der Waals surface area contributed by atoms with Gasteiger partial charge in [0, 0.05) is 38.9 Å². The molecule has 0 aliphatic rings. The zero-order valence-corrected chi connectivity index (χ0v) is 13.1. The normalized spacial score (nSPS) is 10.5. The van der Waals surface area contributed by atoms with Crippen LogP contribution in [0, 0.1) is 11.6 Å². The second-order valence-corrected chi connectivity index (χ2v) is 5.08. The van der Waals surface area contributed by atoms with Gasteiger partial charge in [-0.3, -0.25) is 9.59 Å². The summed E-state index contributed by atoms with van der Waals surface area (Å²) in [6.45, 7) is 2.08. The summed E-state index contributed by atoms with van der Waals surface area (Å²) in [6, 6.07) is 3.16. The summed E-state index contributed by atoms with van der Waals surface area (Å²) in [6.07, 6.45) is 1.72. The summed E-state index contributed by atoms with van der Waals surface area (Å²) in [4.78, 5) is 26.3. The van der Waals surface area contributed by atoms with Crippen molar-refractivity contribution in [2.24, 2.45) is 0 Å². The third-order valence-corrected chi connectivity index (χ3v) is 3.14. The van der Waals surface area contributed by atoms with Crippen LogP contribution in [-0.2, 0) is 16.0 Å². The molecule has 2 amide bonds. The van der Waals surface area contributed by atoms with E-state index >= 15 is 0 Å². The number of halogens is 2. The van der Waals surface area contributed by atoms with E-state index in [1.807, 2.05) is 0 Å². The lowest BCUT2D eigenvalue weighted by atomic mass is 10.2. The molecule has 2 aromatic rings. The summed E-state index contributed by atoms with van der Waals surface area (Å²) in [7, 11) is 0. The highest BCUT2D eigenvalue weighted by molar-refractivity contribution is 5.76. The van der Waals surface area contributed by atoms with Crippen LogP contribution in [-0.4, -0.2) is 29.9 Å². The average Bonchev–Trinajstić information content (AvgIpc) is 2.98. The summed E-state index contributed by atoms with van der Waals surface area (Å²) in [5, 5.41) is 5.20. The monoisotopic (exact) mass is 337 g/mol. The van der Waals surface area contributed by atoms with Crippen LogP contribution in [0.3, 0.4) is 0 Å². The van der Waals surface area contributed by atoms with E-state index < -0.39 is 11.6 Å². The number of hydrogen-bond acceptors (Lipinski definition) is 4. The third kappa shape index (κ3) is 5.15. The van der Waals surface area contributed by atoms with E-state index in [-0.39, 0.29) is 41.9 Å². The van der Waals surface area contributed by atoms with E-state index in [1.165, 1.54) is 19.2 Å². The van der Waals surface area contributed by atoms with Crippen LogP contribution in [0.15, 0.2) is 28.8 Å². The van der Waals surface area contributed by atoms with Gasteiger partial charge in [-0.25, -0.2) is 13.8 Å². The molecule has 0 radical (unpaired) electrons. The lowest BCUT2D eigenvalue weighted by Crippen LogP contribution is -2.33. The molecule has 8 heteroatoms. The maximum Gasteiger partial charge on any atom is 0.220 e. The Labute approximate surface area is 137 Å². The Morgan fingerprint density at radius 1 is 1.21 bits per heavy atom. The second-order valence-electron chi connectivity index (χ2n) is 5.08. The summed E-state index contributed by atoms with van der Waals surface area (Å²) >= 11 is 0. The first-order valence-corrected chi connectivity index (χ1v) is 7.37. The van der Waals surface area contributed by atoms with E-state index in [1.54, 1.807) is 0 Å². The number of amides is 2. The minimum absolute atomic E-state index is 0.106. The first kappa shape index (κ1) is 17.6. The number of aryl methyl sites for hydroxylation is 1. The smallest absolute Gasteiger partial charge is 0.220 e. The molecule has 24 heavy (non-hydrogen) atoms. The number of hydrogen-bond donors (Lipinski definition) is 2. The number of carbonyl (C=O) groups excluding carboxylic acids is 2. The van der Waals surface area contributed by atoms with Gasteiger partial charge in [-0.2, -0.15) is 0 Å². The molecule has 6 nitrogen and oxygen atoms in total. The Morgan fingerprint density at radius 2 is 1.96 bits per heavy atom. The molecule has 0 bridgehead atoms. The van der Waals surface area contributed by atoms with E-state index in [9.17, 15) is 18.4 Å². The molecule has 0 fully saturated rings. The van der Waals surface area contributed by atoms with Gasteiger partial charge in [-0.1, -0.05) is 0 Å². The van der Waals surface area contributed by atoms with Gasteiger partial charge in [-0.15, -0.1) is 0 Å². The standard InChI is InChI=1S/C16H17F2N3O3/c1-10(22)19-6-7-20-15(23)4-5-16-21-9-14(24-16)12-3-2-11(17)8-13(12)18/h2-3,8-9H,4-7H2,1H3,(H,19,22)(H,20,23). The van der Waals surface area contributed by atoms with Crippen LogP contribution >= 0.6 is 0 Å². The van der Waals surface area contributed by atoms with Crippen molar-refractivity contribution in [2.45, 2.75) is 19.8 Å². The molecule has 2 N–H and O–H groups in total. The van der Waals surface area contributed by atoms with Gasteiger partial charge in [0.05, 0.1) is 11.8 Å². The SMILES string of the molecule is CC(=O)NCCNC(=O)CCc1ncc(-c2ccc(F)cc2F)o1. The first-order chi connectivity index (χ1) is 11.5. The van der Waals surface area contributed by atoms with Crippen molar-refractivity contribution in [3.63, 3.8) is 0 Å². The Morgan fingerprint density at radius 3 is 2.67 bits per heavy atom. The average molecular weight is 337 g/mol. The number of rotatable bonds is 7. The Balaban J connectivity index is 1.83. The third-order valence-electron chi connectivity index (χ3n) is 3.14. The lowest BCUT2D eigenvalue weighted by Gasteiger charge is -2.04. The van der Waals surface area contributed by atoms with Gasteiger partial charge in [0.1, 0.15) is 11.6 Å². The van der Waals surface area contributed by atoms with Gasteiger partial charge in [0.25, 0.3) is 0 Å². The van der Waals surface area contributed by atoms with Gasteiger partial charge in [-0.05, 0) is 12.1 Å². The number of nitrogens with zero attached hydrogens (tertiary/aromatic N) is 1. The van der Waals surface area contributed by atoms with E-state index in [0.717, 1.165) is 12.1 Å². The highest BCUT2D eigenvalue weighted by atomic mass is 19.1. The maximum absolute atomic E-state index is 13.7. The maximum atomic E-state index is 13.7. The van der Waals surface area contributed by atoms with Crippen LogP contribution in [0.5, 0.6) is 0 Å². The van der Waals surface area contributed by atoms with Gasteiger partial charge in [0.2, 0.25) is 11.8 Å². The highest BCUT2D eigenvalue weighted by Gasteiger charge is 2.12. The second kappa shape index (κ2) is 8.19. The van der Waals surface area contributed by atoms with Gasteiger partial charge >= 0.3 is 0 Å². The predicted molar refractivity (Wildman–Crippen MR) is 81.9 cm³/mol. The molecular formula is C16H17F2N3O3. The largest absolute Gasteiger partial charge is 0.441 e. The summed E-state index contributed by atoms with van der Waals surface area (Å²) < 4.78 is 32.0. The minimum atomic E-state index is -0.742. The zero-order chi connectivity index (χ0) is 17.5. The molecular weight excluding hydrogens is 320 g/mol. The lowest BCUT2D eigenvalue weighted by molar-refractivity contribution is -0.122. The zero-order valence-electron chi connectivity index (χ0n) is 13.1. The minimum Gasteiger partial charge on any atom is -0.441 e. The number of nitrogens with one attached hydrogen (secondary N) is 2. The molecule has 1 aromatic heterocycles. The molecule has 0 unspecified atom stereocenters. The van der Waals surface area contributed by atoms with Crippen LogP contribution < -0.4 is 10.6 Å². The molecule has 0 aliphatic carbocycles. The number of aromatic nitrogens is 1. The molecule has 128 valence electrons. The van der Waals surface area contributed by atoms with Crippen molar-refractivity contribution in [3.05, 3.63) is 41.9 Å². The number of benzene rings is 1. The van der Waals surface area contributed by atoms with Crippen molar-refractivity contribution in [1.82, 2.24) is 15.6 Å². The molecule has 0 aliphatic heterocycles. The van der Waals surface area contributed by atoms with E-state index in [4.69, 9.17) is 4.42 Å². The van der Waals surface area contributed by atoms with Crippen LogP contribution in [0.25, 0.3) is 11.3 Å². The van der Waals surface area contributed by atoms with Crippen LogP contribution in [0.4, 0.5) is 8.78 Å². The molecule has 0 saturated heterocycles. The fourth-order valence-electron chi connectivity index (χ4n) is 1.99. The Bertz CT molecular complexity index is 731. The van der Waals surface area contributed by atoms with Crippen LogP contribution in [0.2, 0.25) is 0 Å². The fourth-order valence-corrected chi connectivity index (χ4v) is 1.99. The Kier molecular flexibility index (Phi) is 6.00. The molecule has 0 saturated carbocycles. The van der Waals surface area contributed by atoms with Crippen molar-refractivity contribution in [3.8, 4) is 11.3 Å². The fraction of sp³-hybridized carbons (Fsp3) is 0.312. The molecule has 0 atom stereocenters.